The Hall–Kier alpha value is -2.53. The number of aromatic nitrogens is 3. The van der Waals surface area contributed by atoms with Gasteiger partial charge in [-0.15, -0.1) is 11.8 Å². The van der Waals surface area contributed by atoms with E-state index in [-0.39, 0.29) is 0 Å². The third-order valence-corrected chi connectivity index (χ3v) is 4.73. The van der Waals surface area contributed by atoms with Crippen molar-refractivity contribution in [2.45, 2.75) is 10.6 Å². The molecule has 0 aliphatic carbocycles. The van der Waals surface area contributed by atoms with Crippen LogP contribution in [-0.4, -0.2) is 14.9 Å². The summed E-state index contributed by atoms with van der Waals surface area (Å²) in [5.41, 5.74) is 3.93. The fraction of sp³-hybridized carbons (Fsp3) is 0.111. The average molecular weight is 321 g/mol. The average Bonchev–Trinajstić information content (AvgIpc) is 3.19. The molecular formula is C18H15N3OS. The monoisotopic (exact) mass is 321 g/mol. The van der Waals surface area contributed by atoms with E-state index in [1.54, 1.807) is 10.9 Å². The van der Waals surface area contributed by atoms with Crippen LogP contribution in [0.2, 0.25) is 0 Å². The maximum absolute atomic E-state index is 5.43. The van der Waals surface area contributed by atoms with Crippen molar-refractivity contribution in [1.82, 2.24) is 14.9 Å². The van der Waals surface area contributed by atoms with Crippen molar-refractivity contribution in [3.05, 3.63) is 66.5 Å². The van der Waals surface area contributed by atoms with Gasteiger partial charge >= 0.3 is 0 Å². The van der Waals surface area contributed by atoms with E-state index < -0.39 is 0 Å². The molecule has 23 heavy (non-hydrogen) atoms. The van der Waals surface area contributed by atoms with Crippen molar-refractivity contribution in [3.8, 4) is 11.3 Å². The molecule has 0 N–H and O–H groups in total. The lowest BCUT2D eigenvalue weighted by Crippen LogP contribution is -1.84. The number of hydrogen-bond acceptors (Lipinski definition) is 4. The van der Waals surface area contributed by atoms with Crippen LogP contribution >= 0.6 is 11.8 Å². The molecule has 0 saturated carbocycles. The van der Waals surface area contributed by atoms with Gasteiger partial charge in [0.25, 0.3) is 0 Å². The number of rotatable bonds is 4. The molecule has 2 aromatic carbocycles. The molecule has 0 aliphatic rings. The van der Waals surface area contributed by atoms with Crippen LogP contribution in [0.25, 0.3) is 22.2 Å². The molecule has 0 fully saturated rings. The van der Waals surface area contributed by atoms with Gasteiger partial charge in [-0.3, -0.25) is 4.68 Å². The minimum atomic E-state index is 0.799. The first-order valence-corrected chi connectivity index (χ1v) is 8.33. The lowest BCUT2D eigenvalue weighted by atomic mass is 10.1. The molecule has 0 spiro atoms. The van der Waals surface area contributed by atoms with Gasteiger partial charge in [0.1, 0.15) is 5.69 Å². The van der Waals surface area contributed by atoms with Crippen LogP contribution in [-0.2, 0) is 12.8 Å². The zero-order valence-electron chi connectivity index (χ0n) is 12.6. The second kappa shape index (κ2) is 5.93. The highest BCUT2D eigenvalue weighted by Crippen LogP contribution is 2.32. The standard InChI is InChI=1S/C18H15N3OS/c1-21-11-14(10-19-21)18-16-9-15(7-8-17(16)22-20-18)23-12-13-5-3-2-4-6-13/h2-11H,12H2,1H3. The molecule has 0 amide bonds. The van der Waals surface area contributed by atoms with Crippen LogP contribution in [0.1, 0.15) is 5.56 Å². The summed E-state index contributed by atoms with van der Waals surface area (Å²) in [6.45, 7) is 0. The van der Waals surface area contributed by atoms with Gasteiger partial charge in [-0.05, 0) is 23.8 Å². The zero-order valence-corrected chi connectivity index (χ0v) is 13.5. The number of thioether (sulfide) groups is 1. The van der Waals surface area contributed by atoms with Crippen molar-refractivity contribution in [2.75, 3.05) is 0 Å². The molecule has 114 valence electrons. The topological polar surface area (TPSA) is 43.9 Å². The third kappa shape index (κ3) is 2.87. The fourth-order valence-electron chi connectivity index (χ4n) is 2.50. The Morgan fingerprint density at radius 3 is 2.78 bits per heavy atom. The van der Waals surface area contributed by atoms with E-state index in [2.05, 4.69) is 46.7 Å². The second-order valence-corrected chi connectivity index (χ2v) is 6.41. The van der Waals surface area contributed by atoms with Crippen LogP contribution in [0, 0.1) is 0 Å². The molecule has 0 atom stereocenters. The largest absolute Gasteiger partial charge is 0.356 e. The number of aryl methyl sites for hydroxylation is 1. The second-order valence-electron chi connectivity index (χ2n) is 5.37. The maximum Gasteiger partial charge on any atom is 0.167 e. The van der Waals surface area contributed by atoms with Gasteiger partial charge in [0.15, 0.2) is 5.58 Å². The van der Waals surface area contributed by atoms with Crippen molar-refractivity contribution >= 4 is 22.7 Å². The Morgan fingerprint density at radius 2 is 2.00 bits per heavy atom. The minimum absolute atomic E-state index is 0.799. The Kier molecular flexibility index (Phi) is 3.63. The first-order valence-electron chi connectivity index (χ1n) is 7.35. The van der Waals surface area contributed by atoms with Crippen LogP contribution in [0.15, 0.2) is 70.3 Å². The van der Waals surface area contributed by atoms with E-state index in [4.69, 9.17) is 4.52 Å². The third-order valence-electron chi connectivity index (χ3n) is 3.67. The van der Waals surface area contributed by atoms with Crippen molar-refractivity contribution in [3.63, 3.8) is 0 Å². The van der Waals surface area contributed by atoms with Crippen molar-refractivity contribution < 1.29 is 4.52 Å². The first-order chi connectivity index (χ1) is 11.3. The van der Waals surface area contributed by atoms with E-state index in [0.29, 0.717) is 0 Å². The van der Waals surface area contributed by atoms with E-state index in [1.165, 1.54) is 10.5 Å². The van der Waals surface area contributed by atoms with Gasteiger partial charge in [0.2, 0.25) is 0 Å². The Balaban J connectivity index is 1.64. The fourth-order valence-corrected chi connectivity index (χ4v) is 3.39. The molecule has 0 saturated heterocycles. The summed E-state index contributed by atoms with van der Waals surface area (Å²) in [6, 6.07) is 16.7. The normalized spacial score (nSPS) is 11.2. The highest BCUT2D eigenvalue weighted by Gasteiger charge is 2.12. The molecule has 4 nitrogen and oxygen atoms in total. The van der Waals surface area contributed by atoms with Crippen molar-refractivity contribution in [1.29, 1.82) is 0 Å². The van der Waals surface area contributed by atoms with Gasteiger partial charge in [-0.2, -0.15) is 5.10 Å². The van der Waals surface area contributed by atoms with Gasteiger partial charge in [-0.25, -0.2) is 0 Å². The summed E-state index contributed by atoms with van der Waals surface area (Å²) >= 11 is 1.81. The maximum atomic E-state index is 5.43. The summed E-state index contributed by atoms with van der Waals surface area (Å²) in [5, 5.41) is 9.43. The molecule has 2 heterocycles. The number of benzene rings is 2. The SMILES string of the molecule is Cn1cc(-c2noc3ccc(SCc4ccccc4)cc23)cn1. The molecule has 0 bridgehead atoms. The summed E-state index contributed by atoms with van der Waals surface area (Å²) in [6.07, 6.45) is 3.75. The van der Waals surface area contributed by atoms with Crippen LogP contribution < -0.4 is 0 Å². The van der Waals surface area contributed by atoms with Crippen LogP contribution in [0.4, 0.5) is 0 Å². The molecule has 4 aromatic rings. The smallest absolute Gasteiger partial charge is 0.167 e. The van der Waals surface area contributed by atoms with Crippen LogP contribution in [0.5, 0.6) is 0 Å². The van der Waals surface area contributed by atoms with E-state index in [0.717, 1.165) is 28.0 Å². The van der Waals surface area contributed by atoms with E-state index in [1.807, 2.05) is 37.1 Å². The molecular weight excluding hydrogens is 306 g/mol. The highest BCUT2D eigenvalue weighted by molar-refractivity contribution is 7.98. The lowest BCUT2D eigenvalue weighted by Gasteiger charge is -2.02. The molecule has 4 rings (SSSR count). The number of fused-ring (bicyclic) bond motifs is 1. The Bertz CT molecular complexity index is 943. The quantitative estimate of drug-likeness (QED) is 0.518. The summed E-state index contributed by atoms with van der Waals surface area (Å²) in [7, 11) is 1.90. The number of nitrogens with zero attached hydrogens (tertiary/aromatic N) is 3. The molecule has 0 radical (unpaired) electrons. The first kappa shape index (κ1) is 14.1. The van der Waals surface area contributed by atoms with Crippen molar-refractivity contribution in [2.24, 2.45) is 7.05 Å². The molecule has 0 aliphatic heterocycles. The molecule has 5 heteroatoms. The molecule has 2 aromatic heterocycles. The van der Waals surface area contributed by atoms with E-state index in [9.17, 15) is 0 Å². The van der Waals surface area contributed by atoms with Gasteiger partial charge in [-0.1, -0.05) is 35.5 Å². The highest BCUT2D eigenvalue weighted by atomic mass is 32.2. The lowest BCUT2D eigenvalue weighted by molar-refractivity contribution is 0.459. The zero-order chi connectivity index (χ0) is 15.6. The minimum Gasteiger partial charge on any atom is -0.356 e. The number of hydrogen-bond donors (Lipinski definition) is 0. The van der Waals surface area contributed by atoms with Gasteiger partial charge in [0, 0.05) is 29.5 Å². The van der Waals surface area contributed by atoms with Gasteiger partial charge in [0.05, 0.1) is 11.6 Å². The predicted molar refractivity (Wildman–Crippen MR) is 92.2 cm³/mol. The van der Waals surface area contributed by atoms with E-state index >= 15 is 0 Å². The Morgan fingerprint density at radius 1 is 1.13 bits per heavy atom. The predicted octanol–water partition coefficient (Wildman–Crippen LogP) is 4.52. The molecule has 0 unspecified atom stereocenters. The summed E-state index contributed by atoms with van der Waals surface area (Å²) < 4.78 is 7.20. The summed E-state index contributed by atoms with van der Waals surface area (Å²) in [5.74, 6) is 0.944. The van der Waals surface area contributed by atoms with Gasteiger partial charge < -0.3 is 4.52 Å². The Labute approximate surface area is 138 Å². The van der Waals surface area contributed by atoms with Crippen LogP contribution in [0.3, 0.4) is 0 Å². The summed E-state index contributed by atoms with van der Waals surface area (Å²) in [4.78, 5) is 1.20.